The number of hydrogen-bond acceptors (Lipinski definition) is 6. The maximum absolute atomic E-state index is 5.41. The van der Waals surface area contributed by atoms with Gasteiger partial charge < -0.3 is 14.4 Å². The van der Waals surface area contributed by atoms with Crippen molar-refractivity contribution in [3.05, 3.63) is 42.2 Å². The molecule has 0 saturated carbocycles. The summed E-state index contributed by atoms with van der Waals surface area (Å²) in [6.07, 6.45) is 3.78. The van der Waals surface area contributed by atoms with Crippen molar-refractivity contribution < 1.29 is 9.47 Å². The van der Waals surface area contributed by atoms with Crippen molar-refractivity contribution in [2.75, 3.05) is 38.3 Å². The van der Waals surface area contributed by atoms with Gasteiger partial charge in [-0.2, -0.15) is 10.1 Å². The van der Waals surface area contributed by atoms with E-state index in [1.165, 1.54) is 0 Å². The molecule has 2 aromatic heterocycles. The van der Waals surface area contributed by atoms with Crippen molar-refractivity contribution in [3.63, 3.8) is 0 Å². The third kappa shape index (κ3) is 3.41. The minimum atomic E-state index is 0.688. The molecule has 0 spiro atoms. The summed E-state index contributed by atoms with van der Waals surface area (Å²) in [5.41, 5.74) is 2.07. The molecule has 0 bridgehead atoms. The van der Waals surface area contributed by atoms with E-state index in [0.29, 0.717) is 12.4 Å². The number of nitrogens with zero attached hydrogens (tertiary/aromatic N) is 6. The molecule has 0 atom stereocenters. The number of ether oxygens (including phenoxy) is 2. The fourth-order valence-corrected chi connectivity index (χ4v) is 3.02. The minimum Gasteiger partial charge on any atom is -0.497 e. The summed E-state index contributed by atoms with van der Waals surface area (Å²) in [7, 11) is 3.59. The number of morpholine rings is 1. The van der Waals surface area contributed by atoms with Gasteiger partial charge in [0.05, 0.1) is 38.6 Å². The lowest BCUT2D eigenvalue weighted by atomic mass is 10.2. The smallest absolute Gasteiger partial charge is 0.224 e. The highest BCUT2D eigenvalue weighted by Gasteiger charge is 2.19. The molecule has 3 aromatic rings. The summed E-state index contributed by atoms with van der Waals surface area (Å²) < 4.78 is 14.3. The molecule has 4 rings (SSSR count). The third-order valence-electron chi connectivity index (χ3n) is 4.43. The Labute approximate surface area is 152 Å². The number of anilines is 1. The van der Waals surface area contributed by atoms with Crippen LogP contribution >= 0.6 is 0 Å². The van der Waals surface area contributed by atoms with Crippen LogP contribution in [0, 0.1) is 0 Å². The van der Waals surface area contributed by atoms with E-state index in [1.807, 2.05) is 53.1 Å². The lowest BCUT2D eigenvalue weighted by Gasteiger charge is -2.26. The van der Waals surface area contributed by atoms with Gasteiger partial charge in [0, 0.05) is 26.3 Å². The van der Waals surface area contributed by atoms with Crippen LogP contribution in [0.5, 0.6) is 5.75 Å². The highest BCUT2D eigenvalue weighted by molar-refractivity contribution is 5.54. The van der Waals surface area contributed by atoms with Crippen LogP contribution in [0.25, 0.3) is 11.4 Å². The summed E-state index contributed by atoms with van der Waals surface area (Å²) in [4.78, 5) is 6.90. The lowest BCUT2D eigenvalue weighted by molar-refractivity contribution is 0.121. The van der Waals surface area contributed by atoms with Gasteiger partial charge in [-0.1, -0.05) is 12.1 Å². The Hall–Kier alpha value is -2.87. The zero-order chi connectivity index (χ0) is 17.9. The molecular formula is C18H22N6O2. The number of aryl methyl sites for hydroxylation is 1. The first kappa shape index (κ1) is 16.6. The van der Waals surface area contributed by atoms with Crippen LogP contribution in [-0.4, -0.2) is 58.0 Å². The number of rotatable bonds is 5. The number of aromatic nitrogens is 5. The Balaban J connectivity index is 1.50. The van der Waals surface area contributed by atoms with Crippen LogP contribution in [-0.2, 0) is 18.3 Å². The van der Waals surface area contributed by atoms with Crippen LogP contribution in [0.3, 0.4) is 0 Å². The molecule has 0 radical (unpaired) electrons. The van der Waals surface area contributed by atoms with Crippen LogP contribution in [0.2, 0.25) is 0 Å². The van der Waals surface area contributed by atoms with Crippen LogP contribution in [0.4, 0.5) is 5.95 Å². The van der Waals surface area contributed by atoms with E-state index in [2.05, 4.69) is 15.1 Å². The monoisotopic (exact) mass is 354 g/mol. The number of methoxy groups -OCH3 is 1. The molecule has 1 saturated heterocycles. The first-order valence-corrected chi connectivity index (χ1v) is 8.62. The van der Waals surface area contributed by atoms with Crippen LogP contribution < -0.4 is 9.64 Å². The predicted molar refractivity (Wildman–Crippen MR) is 97.4 cm³/mol. The summed E-state index contributed by atoms with van der Waals surface area (Å²) >= 11 is 0. The molecule has 1 aromatic carbocycles. The van der Waals surface area contributed by atoms with Crippen LogP contribution in [0.1, 0.15) is 5.56 Å². The quantitative estimate of drug-likeness (QED) is 0.693. The Morgan fingerprint density at radius 1 is 1.15 bits per heavy atom. The van der Waals surface area contributed by atoms with Gasteiger partial charge in [-0.25, -0.2) is 4.68 Å². The fraction of sp³-hybridized carbons (Fsp3) is 0.389. The van der Waals surface area contributed by atoms with Crippen molar-refractivity contribution in [1.82, 2.24) is 24.5 Å². The second-order valence-corrected chi connectivity index (χ2v) is 6.23. The third-order valence-corrected chi connectivity index (χ3v) is 4.43. The van der Waals surface area contributed by atoms with E-state index in [1.54, 1.807) is 7.11 Å². The largest absolute Gasteiger partial charge is 0.497 e. The summed E-state index contributed by atoms with van der Waals surface area (Å²) in [6.45, 7) is 3.81. The molecule has 26 heavy (non-hydrogen) atoms. The predicted octanol–water partition coefficient (Wildman–Crippen LogP) is 1.57. The van der Waals surface area contributed by atoms with E-state index in [4.69, 9.17) is 14.5 Å². The van der Waals surface area contributed by atoms with Gasteiger partial charge in [0.1, 0.15) is 5.75 Å². The standard InChI is InChI=1S/C18H22N6O2/c1-22-18(23-7-9-26-10-8-23)20-17(21-22)15-11-19-24(13-15)12-14-3-5-16(25-2)6-4-14/h3-6,11,13H,7-10,12H2,1-2H3. The molecule has 8 heteroatoms. The molecule has 136 valence electrons. The second kappa shape index (κ2) is 7.17. The summed E-state index contributed by atoms with van der Waals surface area (Å²) in [6, 6.07) is 7.98. The van der Waals surface area contributed by atoms with E-state index in [0.717, 1.165) is 49.1 Å². The Morgan fingerprint density at radius 3 is 2.65 bits per heavy atom. The van der Waals surface area contributed by atoms with Gasteiger partial charge in [0.15, 0.2) is 5.82 Å². The van der Waals surface area contributed by atoms with Gasteiger partial charge in [0.25, 0.3) is 0 Å². The summed E-state index contributed by atoms with van der Waals surface area (Å²) in [5.74, 6) is 2.41. The fourth-order valence-electron chi connectivity index (χ4n) is 3.02. The van der Waals surface area contributed by atoms with Gasteiger partial charge in [-0.15, -0.1) is 5.10 Å². The lowest BCUT2D eigenvalue weighted by Crippen LogP contribution is -2.37. The molecule has 0 N–H and O–H groups in total. The topological polar surface area (TPSA) is 70.2 Å². The SMILES string of the molecule is COc1ccc(Cn2cc(-c3nc(N4CCOCC4)n(C)n3)cn2)cc1. The normalized spacial score (nSPS) is 14.6. The molecule has 3 heterocycles. The van der Waals surface area contributed by atoms with E-state index >= 15 is 0 Å². The highest BCUT2D eigenvalue weighted by atomic mass is 16.5. The van der Waals surface area contributed by atoms with E-state index in [9.17, 15) is 0 Å². The molecular weight excluding hydrogens is 332 g/mol. The van der Waals surface area contributed by atoms with Gasteiger partial charge in [-0.05, 0) is 17.7 Å². The second-order valence-electron chi connectivity index (χ2n) is 6.23. The number of hydrogen-bond donors (Lipinski definition) is 0. The van der Waals surface area contributed by atoms with Gasteiger partial charge in [-0.3, -0.25) is 4.68 Å². The minimum absolute atomic E-state index is 0.688. The Bertz CT molecular complexity index is 864. The van der Waals surface area contributed by atoms with E-state index < -0.39 is 0 Å². The van der Waals surface area contributed by atoms with Crippen LogP contribution in [0.15, 0.2) is 36.7 Å². The molecule has 0 aliphatic carbocycles. The first-order chi connectivity index (χ1) is 12.7. The first-order valence-electron chi connectivity index (χ1n) is 8.62. The van der Waals surface area contributed by atoms with Gasteiger partial charge >= 0.3 is 0 Å². The maximum Gasteiger partial charge on any atom is 0.224 e. The van der Waals surface area contributed by atoms with E-state index in [-0.39, 0.29) is 0 Å². The average Bonchev–Trinajstić information content (AvgIpc) is 3.30. The van der Waals surface area contributed by atoms with Gasteiger partial charge in [0.2, 0.25) is 5.95 Å². The number of benzene rings is 1. The van der Waals surface area contributed by atoms with Crippen molar-refractivity contribution in [2.24, 2.45) is 7.05 Å². The zero-order valence-electron chi connectivity index (χ0n) is 15.0. The molecule has 1 aliphatic heterocycles. The molecule has 1 aliphatic rings. The Kier molecular flexibility index (Phi) is 4.57. The van der Waals surface area contributed by atoms with Crippen molar-refractivity contribution in [2.45, 2.75) is 6.54 Å². The molecule has 0 amide bonds. The zero-order valence-corrected chi connectivity index (χ0v) is 15.0. The average molecular weight is 354 g/mol. The van der Waals surface area contributed by atoms with Crippen molar-refractivity contribution >= 4 is 5.95 Å². The molecule has 0 unspecified atom stereocenters. The molecule has 8 nitrogen and oxygen atoms in total. The maximum atomic E-state index is 5.41. The van der Waals surface area contributed by atoms with Crippen molar-refractivity contribution in [1.29, 1.82) is 0 Å². The summed E-state index contributed by atoms with van der Waals surface area (Å²) in [5, 5.41) is 9.00. The highest BCUT2D eigenvalue weighted by Crippen LogP contribution is 2.20. The molecule has 1 fully saturated rings. The van der Waals surface area contributed by atoms with Crippen molar-refractivity contribution in [3.8, 4) is 17.1 Å². The Morgan fingerprint density at radius 2 is 1.92 bits per heavy atom.